The zero-order valence-corrected chi connectivity index (χ0v) is 10.8. The second-order valence-electron chi connectivity index (χ2n) is 4.38. The van der Waals surface area contributed by atoms with Gasteiger partial charge >= 0.3 is 0 Å². The lowest BCUT2D eigenvalue weighted by Gasteiger charge is -2.29. The third-order valence-corrected chi connectivity index (χ3v) is 4.40. The molecule has 1 unspecified atom stereocenters. The Balaban J connectivity index is 1.98. The average molecular weight is 232 g/mol. The van der Waals surface area contributed by atoms with Crippen LogP contribution in [0.1, 0.15) is 19.8 Å². The van der Waals surface area contributed by atoms with E-state index in [1.807, 2.05) is 6.92 Å². The van der Waals surface area contributed by atoms with Gasteiger partial charge in [0.25, 0.3) is 0 Å². The summed E-state index contributed by atoms with van der Waals surface area (Å²) < 4.78 is 11.2. The van der Waals surface area contributed by atoms with E-state index in [0.29, 0.717) is 0 Å². The van der Waals surface area contributed by atoms with Crippen molar-refractivity contribution < 1.29 is 4.21 Å². The van der Waals surface area contributed by atoms with Crippen LogP contribution in [0.25, 0.3) is 0 Å². The lowest BCUT2D eigenvalue weighted by atomic mass is 9.97. The van der Waals surface area contributed by atoms with E-state index in [2.05, 4.69) is 17.3 Å². The first-order chi connectivity index (χ1) is 7.22. The topological polar surface area (TPSA) is 32.3 Å². The predicted molar refractivity (Wildman–Crippen MR) is 66.6 cm³/mol. The van der Waals surface area contributed by atoms with Crippen LogP contribution in [0.4, 0.5) is 0 Å². The smallest absolute Gasteiger partial charge is 0.0359 e. The first-order valence-corrected chi connectivity index (χ1v) is 7.45. The Hall–Kier alpha value is 0.0700. The molecule has 0 saturated carbocycles. The van der Waals surface area contributed by atoms with E-state index in [-0.39, 0.29) is 0 Å². The Morgan fingerprint density at radius 2 is 2.07 bits per heavy atom. The molecule has 0 bridgehead atoms. The molecular weight excluding hydrogens is 208 g/mol. The van der Waals surface area contributed by atoms with Gasteiger partial charge in [-0.2, -0.15) is 0 Å². The molecule has 0 aliphatic carbocycles. The highest BCUT2D eigenvalue weighted by Crippen LogP contribution is 2.14. The molecule has 1 saturated heterocycles. The summed E-state index contributed by atoms with van der Waals surface area (Å²) in [5.74, 6) is 2.43. The van der Waals surface area contributed by atoms with Gasteiger partial charge in [-0.1, -0.05) is 6.92 Å². The summed E-state index contributed by atoms with van der Waals surface area (Å²) in [6.45, 7) is 6.45. The molecule has 0 radical (unpaired) electrons. The molecular formula is C11H24N2OS. The van der Waals surface area contributed by atoms with Crippen molar-refractivity contribution in [2.24, 2.45) is 5.92 Å². The number of nitrogens with zero attached hydrogens (tertiary/aromatic N) is 1. The number of likely N-dealkylation sites (tertiary alicyclic amines) is 1. The monoisotopic (exact) mass is 232 g/mol. The highest BCUT2D eigenvalue weighted by Gasteiger charge is 2.15. The summed E-state index contributed by atoms with van der Waals surface area (Å²) in [5, 5.41) is 3.42. The molecule has 1 atom stereocenters. The molecule has 3 nitrogen and oxygen atoms in total. The highest BCUT2D eigenvalue weighted by atomic mass is 32.2. The van der Waals surface area contributed by atoms with Gasteiger partial charge in [0.05, 0.1) is 0 Å². The SMILES string of the molecule is CCS(=O)CCNCC1CCN(C)CC1. The van der Waals surface area contributed by atoms with Crippen LogP contribution < -0.4 is 5.32 Å². The maximum atomic E-state index is 11.2. The Morgan fingerprint density at radius 3 is 2.67 bits per heavy atom. The van der Waals surface area contributed by atoms with Gasteiger partial charge in [0.1, 0.15) is 0 Å². The van der Waals surface area contributed by atoms with Crippen molar-refractivity contribution in [3.05, 3.63) is 0 Å². The van der Waals surface area contributed by atoms with Crippen LogP contribution in [-0.2, 0) is 10.8 Å². The van der Waals surface area contributed by atoms with E-state index >= 15 is 0 Å². The molecule has 1 fully saturated rings. The maximum Gasteiger partial charge on any atom is 0.0359 e. The van der Waals surface area contributed by atoms with E-state index in [4.69, 9.17) is 0 Å². The average Bonchev–Trinajstić information content (AvgIpc) is 2.26. The molecule has 0 aromatic carbocycles. The summed E-state index contributed by atoms with van der Waals surface area (Å²) in [4.78, 5) is 2.39. The fourth-order valence-electron chi connectivity index (χ4n) is 1.90. The molecule has 0 aromatic rings. The van der Waals surface area contributed by atoms with Crippen molar-refractivity contribution in [3.63, 3.8) is 0 Å². The summed E-state index contributed by atoms with van der Waals surface area (Å²) in [7, 11) is 1.58. The second-order valence-corrected chi connectivity index (χ2v) is 6.25. The number of hydrogen-bond donors (Lipinski definition) is 1. The molecule has 1 rings (SSSR count). The third-order valence-electron chi connectivity index (χ3n) is 3.10. The Labute approximate surface area is 96.1 Å². The minimum absolute atomic E-state index is 0.610. The van der Waals surface area contributed by atoms with Crippen LogP contribution in [0.5, 0.6) is 0 Å². The Bertz CT molecular complexity index is 191. The first kappa shape index (κ1) is 13.1. The molecule has 1 heterocycles. The van der Waals surface area contributed by atoms with Gasteiger partial charge in [-0.3, -0.25) is 4.21 Å². The van der Waals surface area contributed by atoms with Crippen molar-refractivity contribution in [1.82, 2.24) is 10.2 Å². The van der Waals surface area contributed by atoms with Gasteiger partial charge in [0.15, 0.2) is 0 Å². The van der Waals surface area contributed by atoms with Crippen molar-refractivity contribution >= 4 is 10.8 Å². The number of nitrogens with one attached hydrogen (secondary N) is 1. The van der Waals surface area contributed by atoms with Crippen molar-refractivity contribution in [1.29, 1.82) is 0 Å². The van der Waals surface area contributed by atoms with Crippen molar-refractivity contribution in [2.45, 2.75) is 19.8 Å². The summed E-state index contributed by atoms with van der Waals surface area (Å²) in [6, 6.07) is 0. The number of rotatable bonds is 6. The molecule has 4 heteroatoms. The van der Waals surface area contributed by atoms with E-state index < -0.39 is 10.8 Å². The Morgan fingerprint density at radius 1 is 1.40 bits per heavy atom. The van der Waals surface area contributed by atoms with Gasteiger partial charge in [0.2, 0.25) is 0 Å². The quantitative estimate of drug-likeness (QED) is 0.684. The highest BCUT2D eigenvalue weighted by molar-refractivity contribution is 7.84. The molecule has 0 spiro atoms. The largest absolute Gasteiger partial charge is 0.316 e. The van der Waals surface area contributed by atoms with E-state index in [1.54, 1.807) is 0 Å². The first-order valence-electron chi connectivity index (χ1n) is 5.96. The molecule has 15 heavy (non-hydrogen) atoms. The third kappa shape index (κ3) is 5.64. The van der Waals surface area contributed by atoms with Crippen LogP contribution in [0.3, 0.4) is 0 Å². The van der Waals surface area contributed by atoms with Crippen molar-refractivity contribution in [2.75, 3.05) is 44.7 Å². The normalized spacial score (nSPS) is 21.7. The van der Waals surface area contributed by atoms with Crippen LogP contribution in [0, 0.1) is 5.92 Å². The maximum absolute atomic E-state index is 11.2. The molecule has 1 aliphatic rings. The number of hydrogen-bond acceptors (Lipinski definition) is 3. The standard InChI is InChI=1S/C11H24N2OS/c1-3-15(14)9-6-12-10-11-4-7-13(2)8-5-11/h11-12H,3-10H2,1-2H3. The minimum Gasteiger partial charge on any atom is -0.316 e. The fraction of sp³-hybridized carbons (Fsp3) is 1.00. The number of piperidine rings is 1. The predicted octanol–water partition coefficient (Wildman–Crippen LogP) is 0.686. The lowest BCUT2D eigenvalue weighted by molar-refractivity contribution is 0.217. The lowest BCUT2D eigenvalue weighted by Crippen LogP contribution is -2.35. The Kier molecular flexibility index (Phi) is 6.45. The fourth-order valence-corrected chi connectivity index (χ4v) is 2.56. The summed E-state index contributed by atoms with van der Waals surface area (Å²) in [5.41, 5.74) is 0. The van der Waals surface area contributed by atoms with Crippen LogP contribution in [0.15, 0.2) is 0 Å². The van der Waals surface area contributed by atoms with Gasteiger partial charge in [-0.25, -0.2) is 0 Å². The van der Waals surface area contributed by atoms with Gasteiger partial charge < -0.3 is 10.2 Å². The molecule has 0 amide bonds. The summed E-state index contributed by atoms with van der Waals surface area (Å²) >= 11 is 0. The van der Waals surface area contributed by atoms with E-state index in [1.165, 1.54) is 25.9 Å². The molecule has 90 valence electrons. The zero-order valence-electron chi connectivity index (χ0n) is 10.00. The van der Waals surface area contributed by atoms with Crippen LogP contribution >= 0.6 is 0 Å². The van der Waals surface area contributed by atoms with Crippen LogP contribution in [-0.4, -0.2) is 53.8 Å². The minimum atomic E-state index is -0.610. The van der Waals surface area contributed by atoms with Gasteiger partial charge in [0, 0.05) is 28.9 Å². The second kappa shape index (κ2) is 7.36. The summed E-state index contributed by atoms with van der Waals surface area (Å²) in [6.07, 6.45) is 2.61. The van der Waals surface area contributed by atoms with E-state index in [0.717, 1.165) is 30.5 Å². The molecule has 1 N–H and O–H groups in total. The van der Waals surface area contributed by atoms with E-state index in [9.17, 15) is 4.21 Å². The molecule has 1 aliphatic heterocycles. The molecule has 0 aromatic heterocycles. The van der Waals surface area contributed by atoms with Gasteiger partial charge in [-0.15, -0.1) is 0 Å². The van der Waals surface area contributed by atoms with Crippen molar-refractivity contribution in [3.8, 4) is 0 Å². The zero-order chi connectivity index (χ0) is 11.1. The van der Waals surface area contributed by atoms with Gasteiger partial charge in [-0.05, 0) is 45.4 Å². The van der Waals surface area contributed by atoms with Crippen LogP contribution in [0.2, 0.25) is 0 Å².